The molecule has 0 atom stereocenters. The van der Waals surface area contributed by atoms with E-state index in [9.17, 15) is 13.2 Å². The van der Waals surface area contributed by atoms with Crippen LogP contribution < -0.4 is 4.74 Å². The average Bonchev–Trinajstić information content (AvgIpc) is 2.96. The molecule has 0 saturated carbocycles. The lowest BCUT2D eigenvalue weighted by atomic mass is 10.1. The second-order valence-electron chi connectivity index (χ2n) is 9.96. The van der Waals surface area contributed by atoms with Gasteiger partial charge >= 0.3 is 5.97 Å². The number of hydrogen-bond acceptors (Lipinski definition) is 5. The first-order valence-electron chi connectivity index (χ1n) is 13.2. The highest BCUT2D eigenvalue weighted by molar-refractivity contribution is 7.89. The second-order valence-corrected chi connectivity index (χ2v) is 11.9. The summed E-state index contributed by atoms with van der Waals surface area (Å²) in [6.45, 7) is 6.75. The van der Waals surface area contributed by atoms with Crippen molar-refractivity contribution in [3.63, 3.8) is 0 Å². The van der Waals surface area contributed by atoms with Gasteiger partial charge in [0.05, 0.1) is 17.6 Å². The maximum atomic E-state index is 13.8. The molecule has 0 amide bonds. The number of esters is 1. The van der Waals surface area contributed by atoms with E-state index in [4.69, 9.17) is 9.47 Å². The van der Waals surface area contributed by atoms with Gasteiger partial charge in [0.1, 0.15) is 12.4 Å². The Bertz CT molecular complexity index is 1540. The predicted octanol–water partition coefficient (Wildman–Crippen LogP) is 6.41. The normalized spacial score (nSPS) is 11.4. The van der Waals surface area contributed by atoms with E-state index in [0.717, 1.165) is 28.0 Å². The molecule has 0 saturated heterocycles. The second kappa shape index (κ2) is 12.9. The van der Waals surface area contributed by atoms with Crippen molar-refractivity contribution in [2.24, 2.45) is 0 Å². The molecule has 40 heavy (non-hydrogen) atoms. The van der Waals surface area contributed by atoms with Gasteiger partial charge in [0.2, 0.25) is 10.0 Å². The molecule has 0 fully saturated rings. The van der Waals surface area contributed by atoms with E-state index in [0.29, 0.717) is 18.6 Å². The van der Waals surface area contributed by atoms with Crippen molar-refractivity contribution in [2.45, 2.75) is 45.2 Å². The van der Waals surface area contributed by atoms with Gasteiger partial charge in [-0.2, -0.15) is 4.31 Å². The molecule has 0 radical (unpaired) electrons. The molecule has 0 heterocycles. The largest absolute Gasteiger partial charge is 0.489 e. The van der Waals surface area contributed by atoms with Crippen molar-refractivity contribution in [2.75, 3.05) is 13.7 Å². The van der Waals surface area contributed by atoms with Gasteiger partial charge < -0.3 is 9.47 Å². The molecule has 4 aromatic carbocycles. The van der Waals surface area contributed by atoms with E-state index in [2.05, 4.69) is 31.2 Å². The molecule has 0 bridgehead atoms. The standard InChI is InChI=1S/C33H35NO5S/c1-24-5-10-28(11-6-24)22-34(40(36,37)31-18-9-26(3)32(21-31)33(35)38-4)20-19-27-14-16-30(17-15-27)39-23-29-12-7-25(2)8-13-29/h5-18,21H,19-20,22-23H2,1-4H3. The molecule has 7 heteroatoms. The third-order valence-corrected chi connectivity index (χ3v) is 8.67. The molecule has 0 spiro atoms. The van der Waals surface area contributed by atoms with E-state index in [1.807, 2.05) is 55.5 Å². The Morgan fingerprint density at radius 2 is 1.32 bits per heavy atom. The summed E-state index contributed by atoms with van der Waals surface area (Å²) in [6.07, 6.45) is 0.513. The third kappa shape index (κ3) is 7.37. The smallest absolute Gasteiger partial charge is 0.338 e. The van der Waals surface area contributed by atoms with Crippen LogP contribution in [0.4, 0.5) is 0 Å². The molecular formula is C33H35NO5S. The minimum absolute atomic E-state index is 0.0606. The minimum Gasteiger partial charge on any atom is -0.489 e. The van der Waals surface area contributed by atoms with Crippen molar-refractivity contribution < 1.29 is 22.7 Å². The van der Waals surface area contributed by atoms with Crippen LogP contribution >= 0.6 is 0 Å². The van der Waals surface area contributed by atoms with Crippen molar-refractivity contribution >= 4 is 16.0 Å². The lowest BCUT2D eigenvalue weighted by Gasteiger charge is -2.23. The zero-order valence-corrected chi connectivity index (χ0v) is 24.2. The highest BCUT2D eigenvalue weighted by Gasteiger charge is 2.26. The fraction of sp³-hybridized carbons (Fsp3) is 0.242. The highest BCUT2D eigenvalue weighted by Crippen LogP contribution is 2.23. The first-order chi connectivity index (χ1) is 19.2. The first kappa shape index (κ1) is 29.1. The Labute approximate surface area is 237 Å². The molecule has 0 aliphatic rings. The van der Waals surface area contributed by atoms with Gasteiger partial charge in [-0.15, -0.1) is 0 Å². The van der Waals surface area contributed by atoms with Gasteiger partial charge in [-0.1, -0.05) is 77.9 Å². The molecule has 4 rings (SSSR count). The fourth-order valence-electron chi connectivity index (χ4n) is 4.28. The van der Waals surface area contributed by atoms with Crippen LogP contribution in [0.25, 0.3) is 0 Å². The summed E-state index contributed by atoms with van der Waals surface area (Å²) in [7, 11) is -2.63. The summed E-state index contributed by atoms with van der Waals surface area (Å²) in [5.41, 5.74) is 6.17. The molecule has 0 aromatic heterocycles. The number of carbonyl (C=O) groups is 1. The van der Waals surface area contributed by atoms with Crippen molar-refractivity contribution in [3.8, 4) is 5.75 Å². The lowest BCUT2D eigenvalue weighted by molar-refractivity contribution is 0.0599. The molecule has 0 unspecified atom stereocenters. The summed E-state index contributed by atoms with van der Waals surface area (Å²) in [4.78, 5) is 12.3. The summed E-state index contributed by atoms with van der Waals surface area (Å²) < 4.78 is 39.9. The molecular weight excluding hydrogens is 522 g/mol. The topological polar surface area (TPSA) is 72.9 Å². The van der Waals surface area contributed by atoms with Crippen LogP contribution in [0.1, 0.15) is 43.7 Å². The Kier molecular flexibility index (Phi) is 9.40. The molecule has 6 nitrogen and oxygen atoms in total. The number of rotatable bonds is 11. The maximum absolute atomic E-state index is 13.8. The number of aryl methyl sites for hydroxylation is 3. The summed E-state index contributed by atoms with van der Waals surface area (Å²) in [5, 5.41) is 0. The zero-order valence-electron chi connectivity index (χ0n) is 23.4. The van der Waals surface area contributed by atoms with E-state index < -0.39 is 16.0 Å². The van der Waals surface area contributed by atoms with Crippen LogP contribution in [0.15, 0.2) is 95.9 Å². The van der Waals surface area contributed by atoms with Crippen LogP contribution in [0.3, 0.4) is 0 Å². The van der Waals surface area contributed by atoms with Crippen molar-refractivity contribution in [3.05, 3.63) is 130 Å². The Morgan fingerprint density at radius 3 is 1.93 bits per heavy atom. The monoisotopic (exact) mass is 557 g/mol. The number of methoxy groups -OCH3 is 1. The predicted molar refractivity (Wildman–Crippen MR) is 157 cm³/mol. The average molecular weight is 558 g/mol. The quantitative estimate of drug-likeness (QED) is 0.199. The van der Waals surface area contributed by atoms with E-state index in [1.165, 1.54) is 23.0 Å². The number of carbonyl (C=O) groups excluding carboxylic acids is 1. The Morgan fingerprint density at radius 1 is 0.750 bits per heavy atom. The van der Waals surface area contributed by atoms with Crippen molar-refractivity contribution in [1.29, 1.82) is 0 Å². The number of nitrogens with zero attached hydrogens (tertiary/aromatic N) is 1. The van der Waals surface area contributed by atoms with Crippen LogP contribution in [0, 0.1) is 20.8 Å². The van der Waals surface area contributed by atoms with Crippen molar-refractivity contribution in [1.82, 2.24) is 4.31 Å². The molecule has 208 valence electrons. The first-order valence-corrected chi connectivity index (χ1v) is 14.6. The number of sulfonamides is 1. The summed E-state index contributed by atoms with van der Waals surface area (Å²) >= 11 is 0. The van der Waals surface area contributed by atoms with Crippen LogP contribution in [-0.2, 0) is 34.3 Å². The van der Waals surface area contributed by atoms with Gasteiger partial charge in [-0.05, 0) is 73.7 Å². The van der Waals surface area contributed by atoms with E-state index in [1.54, 1.807) is 19.1 Å². The Hall–Kier alpha value is -3.94. The maximum Gasteiger partial charge on any atom is 0.338 e. The van der Waals surface area contributed by atoms with Gasteiger partial charge in [0.15, 0.2) is 0 Å². The third-order valence-electron chi connectivity index (χ3n) is 6.83. The molecule has 0 aliphatic carbocycles. The molecule has 0 aliphatic heterocycles. The molecule has 0 N–H and O–H groups in total. The number of benzene rings is 4. The number of ether oxygens (including phenoxy) is 2. The van der Waals surface area contributed by atoms with Crippen LogP contribution in [0.5, 0.6) is 5.75 Å². The lowest BCUT2D eigenvalue weighted by Crippen LogP contribution is -2.32. The number of hydrogen-bond donors (Lipinski definition) is 0. The zero-order chi connectivity index (χ0) is 28.7. The van der Waals surface area contributed by atoms with Gasteiger partial charge in [0, 0.05) is 13.1 Å². The van der Waals surface area contributed by atoms with Gasteiger partial charge in [0.25, 0.3) is 0 Å². The Balaban J connectivity index is 1.51. The van der Waals surface area contributed by atoms with E-state index in [-0.39, 0.29) is 23.5 Å². The van der Waals surface area contributed by atoms with Gasteiger partial charge in [-0.3, -0.25) is 0 Å². The SMILES string of the molecule is COC(=O)c1cc(S(=O)(=O)N(CCc2ccc(OCc3ccc(C)cc3)cc2)Cc2ccc(C)cc2)ccc1C. The van der Waals surface area contributed by atoms with Gasteiger partial charge in [-0.25, -0.2) is 13.2 Å². The van der Waals surface area contributed by atoms with Crippen LogP contribution in [0.2, 0.25) is 0 Å². The summed E-state index contributed by atoms with van der Waals surface area (Å²) in [5.74, 6) is 0.188. The molecule has 4 aromatic rings. The summed E-state index contributed by atoms with van der Waals surface area (Å²) in [6, 6.07) is 28.4. The fourth-order valence-corrected chi connectivity index (χ4v) is 5.73. The highest BCUT2D eigenvalue weighted by atomic mass is 32.2. The van der Waals surface area contributed by atoms with Crippen LogP contribution in [-0.4, -0.2) is 32.3 Å². The minimum atomic E-state index is -3.91. The van der Waals surface area contributed by atoms with E-state index >= 15 is 0 Å².